The number of hydrogen-bond donors (Lipinski definition) is 2. The summed E-state index contributed by atoms with van der Waals surface area (Å²) in [7, 11) is 0. The molecule has 21 heavy (non-hydrogen) atoms. The molecule has 5 nitrogen and oxygen atoms in total. The number of halogens is 3. The monoisotopic (exact) mass is 360 g/mol. The second-order valence-corrected chi connectivity index (χ2v) is 5.06. The number of rotatable bonds is 4. The third kappa shape index (κ3) is 3.40. The fraction of sp³-hybridized carbons (Fsp3) is 0.154. The number of nitrogens with one attached hydrogen (secondary N) is 1. The highest BCUT2D eigenvalue weighted by atomic mass is 79.9. The molecular formula is C13H11BrF2N2O3. The summed E-state index contributed by atoms with van der Waals surface area (Å²) < 4.78 is 37.5. The highest BCUT2D eigenvalue weighted by Crippen LogP contribution is 2.26. The molecule has 2 rings (SSSR count). The van der Waals surface area contributed by atoms with Gasteiger partial charge >= 0.3 is 0 Å². The van der Waals surface area contributed by atoms with E-state index in [1.54, 1.807) is 6.92 Å². The lowest BCUT2D eigenvalue weighted by molar-refractivity contribution is 0.0952. The number of hydrogen-bond acceptors (Lipinski definition) is 4. The van der Waals surface area contributed by atoms with E-state index in [-0.39, 0.29) is 23.7 Å². The van der Waals surface area contributed by atoms with E-state index in [2.05, 4.69) is 15.9 Å². The molecule has 1 aromatic carbocycles. The van der Waals surface area contributed by atoms with Crippen LogP contribution in [0.25, 0.3) is 0 Å². The van der Waals surface area contributed by atoms with Crippen molar-refractivity contribution in [2.24, 2.45) is 5.84 Å². The van der Waals surface area contributed by atoms with Crippen LogP contribution in [0.2, 0.25) is 0 Å². The van der Waals surface area contributed by atoms with Crippen LogP contribution in [0.15, 0.2) is 27.1 Å². The standard InChI is InChI=1S/C13H11BrF2N2O3/c1-6-9(13(19)18-17)4-8(21-6)5-20-11-3-7(14)2-10(15)12(11)16/h2-4H,5,17H2,1H3,(H,18,19). The number of furan rings is 1. The number of nitrogens with two attached hydrogens (primary N) is 1. The summed E-state index contributed by atoms with van der Waals surface area (Å²) >= 11 is 3.04. The molecule has 0 atom stereocenters. The van der Waals surface area contributed by atoms with Crippen LogP contribution in [0.1, 0.15) is 21.9 Å². The van der Waals surface area contributed by atoms with E-state index >= 15 is 0 Å². The van der Waals surface area contributed by atoms with Crippen molar-refractivity contribution in [2.45, 2.75) is 13.5 Å². The molecule has 0 saturated carbocycles. The first-order chi connectivity index (χ1) is 9.92. The molecule has 1 aromatic heterocycles. The van der Waals surface area contributed by atoms with E-state index in [9.17, 15) is 13.6 Å². The minimum atomic E-state index is -1.10. The summed E-state index contributed by atoms with van der Waals surface area (Å²) in [5.74, 6) is 2.76. The predicted molar refractivity (Wildman–Crippen MR) is 73.5 cm³/mol. The quantitative estimate of drug-likeness (QED) is 0.380. The Morgan fingerprint density at radius 2 is 2.14 bits per heavy atom. The van der Waals surface area contributed by atoms with Crippen LogP contribution in [0.4, 0.5) is 8.78 Å². The van der Waals surface area contributed by atoms with Crippen molar-refractivity contribution in [3.8, 4) is 5.75 Å². The third-order valence-electron chi connectivity index (χ3n) is 2.67. The molecule has 2 aromatic rings. The van der Waals surface area contributed by atoms with Crippen molar-refractivity contribution < 1.29 is 22.7 Å². The first kappa shape index (κ1) is 15.5. The van der Waals surface area contributed by atoms with Gasteiger partial charge in [0.2, 0.25) is 5.82 Å². The Morgan fingerprint density at radius 3 is 2.81 bits per heavy atom. The second kappa shape index (κ2) is 6.23. The van der Waals surface area contributed by atoms with Gasteiger partial charge in [-0.2, -0.15) is 4.39 Å². The van der Waals surface area contributed by atoms with Gasteiger partial charge in [0.05, 0.1) is 5.56 Å². The minimum absolute atomic E-state index is 0.161. The van der Waals surface area contributed by atoms with Crippen LogP contribution in [-0.4, -0.2) is 5.91 Å². The van der Waals surface area contributed by atoms with Crippen molar-refractivity contribution in [1.82, 2.24) is 5.43 Å². The van der Waals surface area contributed by atoms with Crippen molar-refractivity contribution in [3.05, 3.63) is 51.4 Å². The lowest BCUT2D eigenvalue weighted by Crippen LogP contribution is -2.30. The van der Waals surface area contributed by atoms with E-state index in [1.165, 1.54) is 12.1 Å². The summed E-state index contributed by atoms with van der Waals surface area (Å²) in [6.45, 7) is 1.42. The molecule has 0 fully saturated rings. The largest absolute Gasteiger partial charge is 0.482 e. The zero-order valence-corrected chi connectivity index (χ0v) is 12.5. The van der Waals surface area contributed by atoms with Gasteiger partial charge in [-0.15, -0.1) is 0 Å². The molecule has 0 aliphatic rings. The number of carbonyl (C=O) groups is 1. The molecule has 112 valence electrons. The average Bonchev–Trinajstić information content (AvgIpc) is 2.81. The smallest absolute Gasteiger partial charge is 0.268 e. The molecule has 0 aliphatic heterocycles. The minimum Gasteiger partial charge on any atom is -0.482 e. The normalized spacial score (nSPS) is 10.5. The molecular weight excluding hydrogens is 350 g/mol. The molecule has 0 aliphatic carbocycles. The number of carbonyl (C=O) groups excluding carboxylic acids is 1. The number of nitrogen functional groups attached to an aromatic ring is 1. The van der Waals surface area contributed by atoms with Crippen molar-refractivity contribution in [1.29, 1.82) is 0 Å². The van der Waals surface area contributed by atoms with Crippen molar-refractivity contribution in [2.75, 3.05) is 0 Å². The van der Waals surface area contributed by atoms with E-state index in [0.29, 0.717) is 10.2 Å². The molecule has 0 spiro atoms. The van der Waals surface area contributed by atoms with Crippen LogP contribution in [0, 0.1) is 18.6 Å². The predicted octanol–water partition coefficient (Wildman–Crippen LogP) is 2.81. The number of hydrazine groups is 1. The van der Waals surface area contributed by atoms with Gasteiger partial charge in [0.1, 0.15) is 18.1 Å². The van der Waals surface area contributed by atoms with Crippen LogP contribution >= 0.6 is 15.9 Å². The number of aryl methyl sites for hydroxylation is 1. The van der Waals surface area contributed by atoms with Gasteiger partial charge in [0.25, 0.3) is 5.91 Å². The van der Waals surface area contributed by atoms with E-state index in [0.717, 1.165) is 6.07 Å². The molecule has 0 bridgehead atoms. The maximum absolute atomic E-state index is 13.5. The highest BCUT2D eigenvalue weighted by Gasteiger charge is 2.16. The number of amides is 1. The highest BCUT2D eigenvalue weighted by molar-refractivity contribution is 9.10. The van der Waals surface area contributed by atoms with Crippen LogP contribution < -0.4 is 16.0 Å². The SMILES string of the molecule is Cc1oc(COc2cc(Br)cc(F)c2F)cc1C(=O)NN. The summed E-state index contributed by atoms with van der Waals surface area (Å²) in [5, 5.41) is 0. The third-order valence-corrected chi connectivity index (χ3v) is 3.13. The first-order valence-corrected chi connectivity index (χ1v) is 6.59. The molecule has 0 unspecified atom stereocenters. The molecule has 1 heterocycles. The Hall–Kier alpha value is -1.93. The fourth-order valence-electron chi connectivity index (χ4n) is 1.70. The van der Waals surface area contributed by atoms with Crippen LogP contribution in [0.5, 0.6) is 5.75 Å². The second-order valence-electron chi connectivity index (χ2n) is 4.14. The summed E-state index contributed by atoms with van der Waals surface area (Å²) in [6.07, 6.45) is 0. The van der Waals surface area contributed by atoms with Gasteiger partial charge < -0.3 is 9.15 Å². The fourth-order valence-corrected chi connectivity index (χ4v) is 2.11. The molecule has 8 heteroatoms. The number of ether oxygens (including phenoxy) is 1. The Balaban J connectivity index is 2.16. The summed E-state index contributed by atoms with van der Waals surface area (Å²) in [4.78, 5) is 11.4. The Bertz CT molecular complexity index is 688. The molecule has 1 amide bonds. The van der Waals surface area contributed by atoms with Gasteiger partial charge in [-0.25, -0.2) is 10.2 Å². The van der Waals surface area contributed by atoms with E-state index in [1.807, 2.05) is 5.43 Å². The summed E-state index contributed by atoms with van der Waals surface area (Å²) in [6, 6.07) is 3.70. The molecule has 0 saturated heterocycles. The van der Waals surface area contributed by atoms with Gasteiger partial charge in [-0.05, 0) is 25.1 Å². The lowest BCUT2D eigenvalue weighted by atomic mass is 10.2. The molecule has 0 radical (unpaired) electrons. The Kier molecular flexibility index (Phi) is 4.59. The lowest BCUT2D eigenvalue weighted by Gasteiger charge is -2.06. The van der Waals surface area contributed by atoms with Crippen molar-refractivity contribution >= 4 is 21.8 Å². The van der Waals surface area contributed by atoms with Gasteiger partial charge in [-0.3, -0.25) is 10.2 Å². The van der Waals surface area contributed by atoms with E-state index < -0.39 is 17.5 Å². The zero-order chi connectivity index (χ0) is 15.6. The number of benzene rings is 1. The maximum atomic E-state index is 13.5. The van der Waals surface area contributed by atoms with Crippen LogP contribution in [0.3, 0.4) is 0 Å². The maximum Gasteiger partial charge on any atom is 0.268 e. The van der Waals surface area contributed by atoms with Gasteiger partial charge in [-0.1, -0.05) is 15.9 Å². The van der Waals surface area contributed by atoms with Gasteiger partial charge in [0, 0.05) is 4.47 Å². The average molecular weight is 361 g/mol. The summed E-state index contributed by atoms with van der Waals surface area (Å²) in [5.41, 5.74) is 2.22. The van der Waals surface area contributed by atoms with Crippen LogP contribution in [-0.2, 0) is 6.61 Å². The van der Waals surface area contributed by atoms with Gasteiger partial charge in [0.15, 0.2) is 11.6 Å². The zero-order valence-electron chi connectivity index (χ0n) is 10.9. The Labute approximate surface area is 127 Å². The first-order valence-electron chi connectivity index (χ1n) is 5.80. The Morgan fingerprint density at radius 1 is 1.43 bits per heavy atom. The molecule has 3 N–H and O–H groups in total. The van der Waals surface area contributed by atoms with Crippen molar-refractivity contribution in [3.63, 3.8) is 0 Å². The van der Waals surface area contributed by atoms with E-state index in [4.69, 9.17) is 15.0 Å². The topological polar surface area (TPSA) is 77.5 Å².